The summed E-state index contributed by atoms with van der Waals surface area (Å²) < 4.78 is 296. The van der Waals surface area contributed by atoms with Crippen LogP contribution in [0.3, 0.4) is 0 Å². The number of benzene rings is 5. The first-order valence-corrected chi connectivity index (χ1v) is 16.1. The summed E-state index contributed by atoms with van der Waals surface area (Å²) in [7, 11) is 0. The van der Waals surface area contributed by atoms with Crippen LogP contribution in [0.4, 0.5) is 87.8 Å². The van der Waals surface area contributed by atoms with Crippen molar-refractivity contribution < 1.29 is 97.2 Å². The third-order valence-electron chi connectivity index (χ3n) is 8.87. The van der Waals surface area contributed by atoms with E-state index in [4.69, 9.17) is 11.6 Å². The fourth-order valence-corrected chi connectivity index (χ4v) is 6.44. The molecular formula is C36H10BClF20N2O. The second-order valence-electron chi connectivity index (χ2n) is 12.2. The zero-order chi connectivity index (χ0) is 45.7. The van der Waals surface area contributed by atoms with Gasteiger partial charge in [-0.2, -0.15) is 4.57 Å². The van der Waals surface area contributed by atoms with E-state index in [9.17, 15) is 57.5 Å². The third-order valence-corrected chi connectivity index (χ3v) is 9.10. The van der Waals surface area contributed by atoms with E-state index in [0.717, 1.165) is 0 Å². The molecule has 3 nitrogen and oxygen atoms in total. The normalized spacial score (nSPS) is 11.5. The van der Waals surface area contributed by atoms with Gasteiger partial charge in [-0.25, -0.2) is 87.8 Å². The molecule has 25 heteroatoms. The quantitative estimate of drug-likeness (QED) is 0.0411. The van der Waals surface area contributed by atoms with Crippen molar-refractivity contribution in [1.29, 1.82) is 0 Å². The van der Waals surface area contributed by atoms with Crippen LogP contribution >= 0.6 is 11.6 Å². The number of carbonyl (C=O) groups is 1. The average molecular weight is 913 g/mol. The molecule has 0 unspecified atom stereocenters. The molecule has 0 radical (unpaired) electrons. The highest BCUT2D eigenvalue weighted by molar-refractivity contribution is 7.20. The van der Waals surface area contributed by atoms with Gasteiger partial charge in [-0.15, -0.1) is 21.9 Å². The number of nitrogens with zero attached hydrogens (tertiary/aromatic N) is 2. The number of ketones is 1. The van der Waals surface area contributed by atoms with E-state index >= 15 is 35.1 Å². The summed E-state index contributed by atoms with van der Waals surface area (Å²) >= 11 is 5.82. The van der Waals surface area contributed by atoms with Crippen LogP contribution in [0.1, 0.15) is 10.4 Å². The summed E-state index contributed by atoms with van der Waals surface area (Å²) in [6, 6.07) is 6.95. The van der Waals surface area contributed by atoms with Crippen LogP contribution in [0.2, 0.25) is 5.02 Å². The van der Waals surface area contributed by atoms with E-state index in [1.807, 2.05) is 0 Å². The highest BCUT2D eigenvalue weighted by Gasteiger charge is 2.52. The highest BCUT2D eigenvalue weighted by Crippen LogP contribution is 2.30. The molecule has 0 saturated carbocycles. The van der Waals surface area contributed by atoms with Gasteiger partial charge in [-0.3, -0.25) is 9.78 Å². The standard InChI is InChI=1S/C24BF20.C12H10ClN2O/c26-5-1(6(27)14(35)21(42)13(5)34)25(2-7(28)15(36)22(43)16(37)8(2)29,3-9(30)17(38)23(44)18(39)10(3)31)4-11(32)19(40)24(45)20(41)12(4)33;13-11-3-1-2-10(8-11)12(16)9-15-6-4-14-5-7-15/h;1-8H,9H2/q-1;+1. The fourth-order valence-electron chi connectivity index (χ4n) is 6.25. The molecule has 6 aromatic rings. The van der Waals surface area contributed by atoms with Crippen molar-refractivity contribution in [3.05, 3.63) is 176 Å². The molecule has 1 heterocycles. The fraction of sp³-hybridized carbons (Fsp3) is 0.0278. The number of rotatable bonds is 7. The highest BCUT2D eigenvalue weighted by atomic mass is 35.5. The first-order valence-electron chi connectivity index (χ1n) is 15.8. The SMILES string of the molecule is Fc1c(F)c(F)c([B-](c2c(F)c(F)c(F)c(F)c2F)(c2c(F)c(F)c(F)c(F)c2F)c2c(F)c(F)c(F)c(F)c2F)c(F)c1F.O=C(C[n+]1ccncc1)c1cccc(Cl)c1. The van der Waals surface area contributed by atoms with E-state index in [-0.39, 0.29) is 5.78 Å². The van der Waals surface area contributed by atoms with Gasteiger partial charge >= 0.3 is 0 Å². The molecule has 0 atom stereocenters. The molecule has 0 saturated heterocycles. The molecule has 5 aromatic carbocycles. The Morgan fingerprint density at radius 1 is 0.443 bits per heavy atom. The van der Waals surface area contributed by atoms with Gasteiger partial charge in [0.15, 0.2) is 82.2 Å². The van der Waals surface area contributed by atoms with E-state index in [0.29, 0.717) is 17.1 Å². The van der Waals surface area contributed by atoms with Crippen LogP contribution < -0.4 is 26.4 Å². The third kappa shape index (κ3) is 7.39. The molecule has 6 rings (SSSR count). The first kappa shape index (κ1) is 45.9. The predicted octanol–water partition coefficient (Wildman–Crippen LogP) is 7.75. The smallest absolute Gasteiger partial charge is 0.227 e. The van der Waals surface area contributed by atoms with Crippen molar-refractivity contribution in [2.45, 2.75) is 6.54 Å². The van der Waals surface area contributed by atoms with E-state index in [2.05, 4.69) is 4.98 Å². The molecule has 0 fully saturated rings. The first-order chi connectivity index (χ1) is 28.5. The lowest BCUT2D eigenvalue weighted by Crippen LogP contribution is -2.81. The summed E-state index contributed by atoms with van der Waals surface area (Å²) in [6.45, 7) is 0.295. The number of halogens is 21. The van der Waals surface area contributed by atoms with Crippen molar-refractivity contribution in [2.75, 3.05) is 0 Å². The van der Waals surface area contributed by atoms with E-state index in [1.165, 1.54) is 0 Å². The lowest BCUT2D eigenvalue weighted by molar-refractivity contribution is -0.683. The molecule has 0 spiro atoms. The predicted molar refractivity (Wildman–Crippen MR) is 169 cm³/mol. The van der Waals surface area contributed by atoms with Crippen molar-refractivity contribution in [3.8, 4) is 0 Å². The second-order valence-corrected chi connectivity index (χ2v) is 12.6. The molecule has 61 heavy (non-hydrogen) atoms. The Hall–Kier alpha value is -6.20. The molecule has 320 valence electrons. The van der Waals surface area contributed by atoms with Crippen molar-refractivity contribution >= 4 is 45.4 Å². The summed E-state index contributed by atoms with van der Waals surface area (Å²) in [5.41, 5.74) is -13.7. The summed E-state index contributed by atoms with van der Waals surface area (Å²) in [4.78, 5) is 15.8. The summed E-state index contributed by atoms with van der Waals surface area (Å²) in [6.07, 6.45) is -0.424. The maximum Gasteiger partial charge on any atom is 0.227 e. The Kier molecular flexibility index (Phi) is 12.8. The van der Waals surface area contributed by atoms with Gasteiger partial charge in [0.25, 0.3) is 0 Å². The molecule has 0 bridgehead atoms. The number of aromatic nitrogens is 2. The number of Topliss-reactive ketones (excluding diaryl/α,β-unsaturated/α-hetero) is 1. The van der Waals surface area contributed by atoms with Crippen LogP contribution in [0, 0.1) is 116 Å². The molecule has 0 aliphatic heterocycles. The van der Waals surface area contributed by atoms with Gasteiger partial charge in [0, 0.05) is 10.6 Å². The van der Waals surface area contributed by atoms with Crippen LogP contribution in [0.25, 0.3) is 0 Å². The minimum absolute atomic E-state index is 0.0266. The maximum absolute atomic E-state index is 15.4. The number of hydrogen-bond acceptors (Lipinski definition) is 2. The number of hydrogen-bond donors (Lipinski definition) is 0. The molecule has 0 N–H and O–H groups in total. The van der Waals surface area contributed by atoms with Gasteiger partial charge in [0.1, 0.15) is 52.7 Å². The average Bonchev–Trinajstić information content (AvgIpc) is 3.24. The van der Waals surface area contributed by atoms with Crippen LogP contribution in [-0.2, 0) is 6.54 Å². The molecule has 0 aliphatic rings. The van der Waals surface area contributed by atoms with Crippen LogP contribution in [0.15, 0.2) is 49.1 Å². The van der Waals surface area contributed by atoms with Crippen molar-refractivity contribution in [3.63, 3.8) is 0 Å². The lowest BCUT2D eigenvalue weighted by Gasteiger charge is -2.44. The zero-order valence-corrected chi connectivity index (χ0v) is 29.4. The monoisotopic (exact) mass is 912 g/mol. The molecule has 0 aliphatic carbocycles. The number of carbonyl (C=O) groups excluding carboxylic acids is 1. The maximum atomic E-state index is 15.4. The molecule has 1 aromatic heterocycles. The lowest BCUT2D eigenvalue weighted by atomic mass is 9.12. The van der Waals surface area contributed by atoms with Gasteiger partial charge < -0.3 is 0 Å². The Morgan fingerprint density at radius 3 is 0.967 bits per heavy atom. The Balaban J connectivity index is 0.000000366. The van der Waals surface area contributed by atoms with E-state index in [1.54, 1.807) is 53.6 Å². The van der Waals surface area contributed by atoms with E-state index < -0.39 is 144 Å². The van der Waals surface area contributed by atoms with Gasteiger partial charge in [0.2, 0.25) is 12.3 Å². The topological polar surface area (TPSA) is 33.8 Å². The minimum atomic E-state index is -7.22. The largest absolute Gasteiger partial charge is 0.287 e. The molecular weight excluding hydrogens is 903 g/mol. The van der Waals surface area contributed by atoms with Gasteiger partial charge in [0.05, 0.1) is 12.4 Å². The minimum Gasteiger partial charge on any atom is -0.287 e. The van der Waals surface area contributed by atoms with Crippen molar-refractivity contribution in [2.24, 2.45) is 0 Å². The Morgan fingerprint density at radius 2 is 0.705 bits per heavy atom. The summed E-state index contributed by atoms with van der Waals surface area (Å²) in [5, 5.41) is 0.575. The second kappa shape index (κ2) is 17.0. The Bertz CT molecular complexity index is 2390. The zero-order valence-electron chi connectivity index (χ0n) is 28.6. The van der Waals surface area contributed by atoms with Crippen LogP contribution in [-0.4, -0.2) is 16.9 Å². The van der Waals surface area contributed by atoms with Gasteiger partial charge in [-0.05, 0) is 12.1 Å². The van der Waals surface area contributed by atoms with Crippen LogP contribution in [0.5, 0.6) is 0 Å². The summed E-state index contributed by atoms with van der Waals surface area (Å²) in [5.74, 6) is -71.4. The van der Waals surface area contributed by atoms with Crippen molar-refractivity contribution in [1.82, 2.24) is 4.98 Å². The van der Waals surface area contributed by atoms with Gasteiger partial charge in [-0.1, -0.05) is 23.7 Å². The Labute approximate surface area is 330 Å². The molecule has 0 amide bonds.